The Morgan fingerprint density at radius 3 is 2.68 bits per heavy atom. The third-order valence-corrected chi connectivity index (χ3v) is 7.53. The molecule has 4 aromatic rings. The van der Waals surface area contributed by atoms with Gasteiger partial charge in [0, 0.05) is 5.39 Å². The van der Waals surface area contributed by atoms with Crippen molar-refractivity contribution < 1.29 is 18.0 Å². The Bertz CT molecular complexity index is 1500. The second-order valence-corrected chi connectivity index (χ2v) is 9.85. The van der Waals surface area contributed by atoms with Crippen molar-refractivity contribution in [2.45, 2.75) is 25.7 Å². The molecule has 2 N–H and O–H groups in total. The van der Waals surface area contributed by atoms with Gasteiger partial charge in [-0.1, -0.05) is 22.8 Å². The number of anilines is 1. The van der Waals surface area contributed by atoms with Crippen LogP contribution in [0.3, 0.4) is 0 Å². The highest BCUT2D eigenvalue weighted by Crippen LogP contribution is 2.41. The molecule has 1 aromatic carbocycles. The third-order valence-electron chi connectivity index (χ3n) is 4.66. The van der Waals surface area contributed by atoms with E-state index in [0.717, 1.165) is 22.5 Å². The van der Waals surface area contributed by atoms with Crippen LogP contribution in [0.2, 0.25) is 5.02 Å². The van der Waals surface area contributed by atoms with Crippen LogP contribution < -0.4 is 4.72 Å². The average Bonchev–Trinajstić information content (AvgIpc) is 3.32. The quantitative estimate of drug-likeness (QED) is 0.429. The Balaban J connectivity index is 1.92. The van der Waals surface area contributed by atoms with E-state index in [-0.39, 0.29) is 37.7 Å². The Kier molecular flexibility index (Phi) is 5.13. The van der Waals surface area contributed by atoms with Crippen LogP contribution in [0.4, 0.5) is 5.88 Å². The molecule has 31 heavy (non-hydrogen) atoms. The van der Waals surface area contributed by atoms with E-state index >= 15 is 0 Å². The molecule has 8 nitrogen and oxygen atoms in total. The molecule has 4 rings (SSSR count). The number of aromatic nitrogens is 2. The van der Waals surface area contributed by atoms with Gasteiger partial charge in [0.15, 0.2) is 0 Å². The number of nitriles is 1. The number of halogens is 1. The van der Waals surface area contributed by atoms with Crippen LogP contribution in [0.25, 0.3) is 21.5 Å². The lowest BCUT2D eigenvalue weighted by Gasteiger charge is -2.12. The zero-order chi connectivity index (χ0) is 22.5. The lowest BCUT2D eigenvalue weighted by atomic mass is 10.0. The monoisotopic (exact) mass is 474 g/mol. The van der Waals surface area contributed by atoms with Crippen LogP contribution in [0, 0.1) is 32.1 Å². The first-order chi connectivity index (χ1) is 14.6. The number of pyridine rings is 1. The zero-order valence-electron chi connectivity index (χ0n) is 16.5. The van der Waals surface area contributed by atoms with E-state index in [1.807, 2.05) is 26.0 Å². The summed E-state index contributed by atoms with van der Waals surface area (Å²) in [6, 6.07) is 6.96. The van der Waals surface area contributed by atoms with Crippen molar-refractivity contribution in [3.8, 4) is 22.4 Å². The summed E-state index contributed by atoms with van der Waals surface area (Å²) in [5.41, 5.74) is 2.49. The highest BCUT2D eigenvalue weighted by molar-refractivity contribution is 7.93. The van der Waals surface area contributed by atoms with E-state index < -0.39 is 10.0 Å². The number of fused-ring (bicyclic) bond motifs is 1. The van der Waals surface area contributed by atoms with Crippen LogP contribution in [0.15, 0.2) is 33.0 Å². The van der Waals surface area contributed by atoms with E-state index in [2.05, 4.69) is 14.9 Å². The molecule has 0 unspecified atom stereocenters. The van der Waals surface area contributed by atoms with E-state index in [1.165, 1.54) is 6.07 Å². The fraction of sp³-hybridized carbons (Fsp3) is 0.150. The van der Waals surface area contributed by atoms with Crippen molar-refractivity contribution in [1.29, 1.82) is 5.26 Å². The predicted molar refractivity (Wildman–Crippen MR) is 118 cm³/mol. The number of aryl methyl sites for hydroxylation is 3. The molecule has 11 heteroatoms. The van der Waals surface area contributed by atoms with Crippen molar-refractivity contribution >= 4 is 49.7 Å². The van der Waals surface area contributed by atoms with Crippen molar-refractivity contribution in [3.05, 3.63) is 51.0 Å². The van der Waals surface area contributed by atoms with Crippen molar-refractivity contribution in [1.82, 2.24) is 10.1 Å². The van der Waals surface area contributed by atoms with E-state index in [1.54, 1.807) is 18.4 Å². The maximum Gasteiger partial charge on any atom is 0.265 e. The smallest absolute Gasteiger partial charge is 0.265 e. The van der Waals surface area contributed by atoms with Crippen molar-refractivity contribution in [2.24, 2.45) is 0 Å². The summed E-state index contributed by atoms with van der Waals surface area (Å²) in [4.78, 5) is 4.64. The number of aromatic hydroxyl groups is 1. The van der Waals surface area contributed by atoms with E-state index in [9.17, 15) is 18.8 Å². The van der Waals surface area contributed by atoms with Crippen LogP contribution in [-0.4, -0.2) is 23.7 Å². The molecule has 158 valence electrons. The minimum atomic E-state index is -4.15. The highest BCUT2D eigenvalue weighted by Gasteiger charge is 2.28. The minimum Gasteiger partial charge on any atom is -0.506 e. The van der Waals surface area contributed by atoms with Gasteiger partial charge in [-0.2, -0.15) is 5.26 Å². The minimum absolute atomic E-state index is 0.0468. The largest absolute Gasteiger partial charge is 0.506 e. The molecule has 0 spiro atoms. The van der Waals surface area contributed by atoms with Gasteiger partial charge in [0.25, 0.3) is 15.9 Å². The maximum atomic E-state index is 13.1. The summed E-state index contributed by atoms with van der Waals surface area (Å²) in [5, 5.41) is 26.2. The fourth-order valence-corrected chi connectivity index (χ4v) is 5.85. The maximum absolute atomic E-state index is 13.1. The van der Waals surface area contributed by atoms with Crippen LogP contribution in [-0.2, 0) is 10.0 Å². The zero-order valence-corrected chi connectivity index (χ0v) is 18.9. The first kappa shape index (κ1) is 21.1. The Hall–Kier alpha value is -3.13. The number of thiophene rings is 1. The first-order valence-corrected chi connectivity index (χ1v) is 11.6. The number of benzene rings is 1. The third kappa shape index (κ3) is 3.50. The second-order valence-electron chi connectivity index (χ2n) is 6.90. The van der Waals surface area contributed by atoms with Gasteiger partial charge in [0.2, 0.25) is 0 Å². The molecule has 0 aliphatic heterocycles. The molecule has 0 amide bonds. The number of hydrogen-bond donors (Lipinski definition) is 2. The molecule has 3 aromatic heterocycles. The molecular formula is C20H15ClN4O4S2. The van der Waals surface area contributed by atoms with Crippen molar-refractivity contribution in [3.63, 3.8) is 0 Å². The number of sulfonamides is 1. The normalized spacial score (nSPS) is 11.6. The topological polar surface area (TPSA) is 129 Å². The molecule has 0 saturated heterocycles. The summed E-state index contributed by atoms with van der Waals surface area (Å²) in [7, 11) is -4.15. The van der Waals surface area contributed by atoms with E-state index in [0.29, 0.717) is 16.6 Å². The molecule has 3 heterocycles. The summed E-state index contributed by atoms with van der Waals surface area (Å²) in [6.07, 6.45) is 0. The molecule has 0 fully saturated rings. The van der Waals surface area contributed by atoms with Crippen LogP contribution >= 0.6 is 22.9 Å². The number of rotatable bonds is 4. The van der Waals surface area contributed by atoms with Gasteiger partial charge in [-0.05, 0) is 49.4 Å². The van der Waals surface area contributed by atoms with Gasteiger partial charge in [-0.15, -0.1) is 11.3 Å². The predicted octanol–water partition coefficient (Wildman–Crippen LogP) is 4.91. The first-order valence-electron chi connectivity index (χ1n) is 8.90. The van der Waals surface area contributed by atoms with Gasteiger partial charge < -0.3 is 9.63 Å². The SMILES string of the molecule is Cc1cc(C)c2nc(-c3sccc3S(=O)(=O)Nc3onc(C)c3Cl)c(C#N)c(O)c2c1. The Morgan fingerprint density at radius 1 is 1.29 bits per heavy atom. The van der Waals surface area contributed by atoms with E-state index in [4.69, 9.17) is 16.1 Å². The molecule has 0 radical (unpaired) electrons. The van der Waals surface area contributed by atoms with Crippen LogP contribution in [0.5, 0.6) is 5.75 Å². The lowest BCUT2D eigenvalue weighted by Crippen LogP contribution is -2.13. The molecule has 0 aliphatic rings. The fourth-order valence-electron chi connectivity index (χ4n) is 3.25. The molecule has 0 saturated carbocycles. The van der Waals surface area contributed by atoms with Crippen molar-refractivity contribution in [2.75, 3.05) is 4.72 Å². The molecule has 0 atom stereocenters. The lowest BCUT2D eigenvalue weighted by molar-refractivity contribution is 0.430. The highest BCUT2D eigenvalue weighted by atomic mass is 35.5. The molecular weight excluding hydrogens is 460 g/mol. The second kappa shape index (κ2) is 7.53. The van der Waals surface area contributed by atoms with Crippen LogP contribution in [0.1, 0.15) is 22.4 Å². The summed E-state index contributed by atoms with van der Waals surface area (Å²) in [6.45, 7) is 5.28. The van der Waals surface area contributed by atoms with Gasteiger partial charge in [-0.3, -0.25) is 0 Å². The van der Waals surface area contributed by atoms with Gasteiger partial charge in [-0.25, -0.2) is 18.1 Å². The summed E-state index contributed by atoms with van der Waals surface area (Å²) < 4.78 is 33.3. The summed E-state index contributed by atoms with van der Waals surface area (Å²) >= 11 is 7.11. The Labute approximate surface area is 186 Å². The van der Waals surface area contributed by atoms with Gasteiger partial charge >= 0.3 is 0 Å². The molecule has 0 aliphatic carbocycles. The standard InChI is InChI=1S/C20H15ClN4O4S2/c1-9-6-10(2)16-12(7-9)18(26)13(8-22)17(23-16)19-14(4-5-30-19)31(27,28)25-20-15(21)11(3)24-29-20/h4-7,25H,1-3H3,(H,23,26). The number of nitrogens with one attached hydrogen (secondary N) is 1. The number of nitrogens with zero attached hydrogens (tertiary/aromatic N) is 3. The Morgan fingerprint density at radius 2 is 2.03 bits per heavy atom. The number of hydrogen-bond acceptors (Lipinski definition) is 8. The summed E-state index contributed by atoms with van der Waals surface area (Å²) in [5.74, 6) is -0.453. The van der Waals surface area contributed by atoms with Gasteiger partial charge in [0.05, 0.1) is 10.4 Å². The average molecular weight is 475 g/mol. The molecule has 0 bridgehead atoms. The van der Waals surface area contributed by atoms with Gasteiger partial charge in [0.1, 0.15) is 38.7 Å².